The molecule has 188 valence electrons. The van der Waals surface area contributed by atoms with E-state index in [4.69, 9.17) is 4.74 Å². The molecule has 1 fully saturated rings. The molecule has 0 bridgehead atoms. The number of rotatable bonds is 7. The van der Waals surface area contributed by atoms with Crippen molar-refractivity contribution in [1.82, 2.24) is 20.2 Å². The third-order valence-electron chi connectivity index (χ3n) is 5.40. The van der Waals surface area contributed by atoms with Gasteiger partial charge < -0.3 is 15.4 Å². The fourth-order valence-electron chi connectivity index (χ4n) is 3.85. The zero-order valence-corrected chi connectivity index (χ0v) is 20.4. The Kier molecular flexibility index (Phi) is 7.88. The zero-order valence-electron chi connectivity index (χ0n) is 20.4. The molecule has 0 saturated carbocycles. The Morgan fingerprint density at radius 3 is 2.63 bits per heavy atom. The Labute approximate surface area is 202 Å². The Bertz CT molecular complexity index is 1210. The fourth-order valence-corrected chi connectivity index (χ4v) is 3.85. The third kappa shape index (κ3) is 6.65. The maximum atomic E-state index is 13.2. The number of para-hydroxylation sites is 1. The predicted octanol–water partition coefficient (Wildman–Crippen LogP) is 2.32. The number of alkyl carbamates (subject to hydrolysis) is 1. The first-order valence-corrected chi connectivity index (χ1v) is 11.6. The third-order valence-corrected chi connectivity index (χ3v) is 5.40. The van der Waals surface area contributed by atoms with Gasteiger partial charge in [-0.25, -0.2) is 9.78 Å². The highest BCUT2D eigenvalue weighted by Crippen LogP contribution is 2.23. The van der Waals surface area contributed by atoms with E-state index >= 15 is 0 Å². The summed E-state index contributed by atoms with van der Waals surface area (Å²) < 4.78 is 6.46. The van der Waals surface area contributed by atoms with E-state index in [1.54, 1.807) is 45.9 Å². The van der Waals surface area contributed by atoms with Crippen molar-refractivity contribution in [2.24, 2.45) is 0 Å². The molecule has 4 amide bonds. The topological polar surface area (TPSA) is 148 Å². The number of aryl methyl sites for hydroxylation is 1. The van der Waals surface area contributed by atoms with E-state index in [9.17, 15) is 24.0 Å². The van der Waals surface area contributed by atoms with Crippen LogP contribution in [0.1, 0.15) is 64.7 Å². The summed E-state index contributed by atoms with van der Waals surface area (Å²) in [6.07, 6.45) is 1.22. The highest BCUT2D eigenvalue weighted by atomic mass is 16.6. The summed E-state index contributed by atoms with van der Waals surface area (Å²) >= 11 is 0. The Balaban J connectivity index is 1.64. The lowest BCUT2D eigenvalue weighted by molar-refractivity contribution is -0.135. The van der Waals surface area contributed by atoms with Crippen LogP contribution in [0.25, 0.3) is 10.9 Å². The van der Waals surface area contributed by atoms with E-state index in [1.807, 2.05) is 0 Å². The fraction of sp³-hybridized carbons (Fsp3) is 0.500. The van der Waals surface area contributed by atoms with E-state index in [2.05, 4.69) is 20.9 Å². The SMILES string of the molecule is Cc1nc2c(NC(=O)CCCCNC(=O)OC(C)(C)C)cccc2c(=O)n1C1CCC(=O)NC1=O. The van der Waals surface area contributed by atoms with Crippen molar-refractivity contribution in [2.45, 2.75) is 71.4 Å². The first-order valence-electron chi connectivity index (χ1n) is 11.6. The first-order chi connectivity index (χ1) is 16.5. The minimum absolute atomic E-state index is 0.143. The van der Waals surface area contributed by atoms with Crippen molar-refractivity contribution in [3.05, 3.63) is 34.4 Å². The van der Waals surface area contributed by atoms with Crippen LogP contribution in [0.4, 0.5) is 10.5 Å². The molecule has 0 spiro atoms. The van der Waals surface area contributed by atoms with Crippen LogP contribution in [0.15, 0.2) is 23.0 Å². The molecule has 1 atom stereocenters. The summed E-state index contributed by atoms with van der Waals surface area (Å²) in [6.45, 7) is 7.35. The second kappa shape index (κ2) is 10.7. The van der Waals surface area contributed by atoms with Crippen LogP contribution in [0, 0.1) is 6.92 Å². The van der Waals surface area contributed by atoms with Gasteiger partial charge in [-0.05, 0) is 59.1 Å². The molecule has 1 saturated heterocycles. The van der Waals surface area contributed by atoms with Crippen molar-refractivity contribution in [3.8, 4) is 0 Å². The van der Waals surface area contributed by atoms with E-state index < -0.39 is 29.2 Å². The lowest BCUT2D eigenvalue weighted by atomic mass is 10.1. The molecule has 0 aliphatic carbocycles. The average molecular weight is 486 g/mol. The van der Waals surface area contributed by atoms with Crippen LogP contribution in [-0.4, -0.2) is 45.5 Å². The number of hydrogen-bond acceptors (Lipinski definition) is 7. The van der Waals surface area contributed by atoms with Crippen molar-refractivity contribution >= 4 is 40.4 Å². The van der Waals surface area contributed by atoms with Crippen LogP contribution in [0.2, 0.25) is 0 Å². The minimum Gasteiger partial charge on any atom is -0.444 e. The molecule has 1 unspecified atom stereocenters. The van der Waals surface area contributed by atoms with Crippen molar-refractivity contribution in [3.63, 3.8) is 0 Å². The molecule has 1 aromatic carbocycles. The van der Waals surface area contributed by atoms with E-state index in [-0.39, 0.29) is 36.5 Å². The molecule has 11 nitrogen and oxygen atoms in total. The number of carbonyl (C=O) groups excluding carboxylic acids is 4. The molecule has 35 heavy (non-hydrogen) atoms. The summed E-state index contributed by atoms with van der Waals surface area (Å²) in [5, 5.41) is 7.97. The maximum Gasteiger partial charge on any atom is 0.407 e. The second-order valence-corrected chi connectivity index (χ2v) is 9.44. The Morgan fingerprint density at radius 1 is 1.20 bits per heavy atom. The molecule has 1 aliphatic rings. The number of anilines is 1. The molecule has 1 aromatic heterocycles. The Hall–Kier alpha value is -3.76. The molecular formula is C24H31N5O6. The first kappa shape index (κ1) is 25.9. The van der Waals surface area contributed by atoms with Crippen LogP contribution in [-0.2, 0) is 19.1 Å². The monoisotopic (exact) mass is 485 g/mol. The number of imide groups is 1. The van der Waals surface area contributed by atoms with Crippen molar-refractivity contribution in [2.75, 3.05) is 11.9 Å². The number of amides is 4. The molecule has 2 heterocycles. The lowest BCUT2D eigenvalue weighted by Crippen LogP contribution is -2.45. The standard InChI is InChI=1S/C24H31N5O6/c1-14-26-20-15(22(33)29(14)17-11-12-19(31)28-21(17)32)8-7-9-16(20)27-18(30)10-5-6-13-25-23(34)35-24(2,3)4/h7-9,17H,5-6,10-13H2,1-4H3,(H,25,34)(H,27,30)(H,28,31,32). The lowest BCUT2D eigenvalue weighted by Gasteiger charge is -2.24. The summed E-state index contributed by atoms with van der Waals surface area (Å²) in [5.41, 5.74) is -0.250. The van der Waals surface area contributed by atoms with Gasteiger partial charge >= 0.3 is 6.09 Å². The number of unbranched alkanes of at least 4 members (excludes halogenated alkanes) is 1. The van der Waals surface area contributed by atoms with Gasteiger partial charge in [0, 0.05) is 19.4 Å². The smallest absolute Gasteiger partial charge is 0.407 e. The number of carbonyl (C=O) groups is 4. The van der Waals surface area contributed by atoms with Gasteiger partial charge in [-0.3, -0.25) is 29.1 Å². The predicted molar refractivity (Wildman–Crippen MR) is 129 cm³/mol. The number of piperidine rings is 1. The van der Waals surface area contributed by atoms with E-state index in [1.165, 1.54) is 4.57 Å². The number of benzene rings is 1. The second-order valence-electron chi connectivity index (χ2n) is 9.44. The zero-order chi connectivity index (χ0) is 25.8. The highest BCUT2D eigenvalue weighted by Gasteiger charge is 2.30. The quantitative estimate of drug-likeness (QED) is 0.402. The van der Waals surface area contributed by atoms with E-state index in [0.717, 1.165) is 0 Å². The highest BCUT2D eigenvalue weighted by molar-refractivity contribution is 6.01. The Morgan fingerprint density at radius 2 is 1.94 bits per heavy atom. The minimum atomic E-state index is -0.815. The molecule has 3 rings (SSSR count). The van der Waals surface area contributed by atoms with Gasteiger partial charge in [-0.15, -0.1) is 0 Å². The van der Waals surface area contributed by atoms with Gasteiger partial charge in [0.15, 0.2) is 0 Å². The summed E-state index contributed by atoms with van der Waals surface area (Å²) in [5.74, 6) is -0.829. The van der Waals surface area contributed by atoms with Gasteiger partial charge in [0.1, 0.15) is 23.0 Å². The summed E-state index contributed by atoms with van der Waals surface area (Å²) in [6, 6.07) is 4.07. The van der Waals surface area contributed by atoms with Crippen molar-refractivity contribution < 1.29 is 23.9 Å². The summed E-state index contributed by atoms with van der Waals surface area (Å²) in [4.78, 5) is 65.6. The molecule has 3 N–H and O–H groups in total. The number of fused-ring (bicyclic) bond motifs is 1. The van der Waals surface area contributed by atoms with Gasteiger partial charge in [0.25, 0.3) is 5.56 Å². The van der Waals surface area contributed by atoms with Gasteiger partial charge in [0.05, 0.1) is 11.1 Å². The normalized spacial score (nSPS) is 16.1. The number of nitrogens with one attached hydrogen (secondary N) is 3. The molecule has 2 aromatic rings. The number of nitrogens with zero attached hydrogens (tertiary/aromatic N) is 2. The van der Waals surface area contributed by atoms with E-state index in [0.29, 0.717) is 36.4 Å². The summed E-state index contributed by atoms with van der Waals surface area (Å²) in [7, 11) is 0. The van der Waals surface area contributed by atoms with Crippen LogP contribution in [0.5, 0.6) is 0 Å². The van der Waals surface area contributed by atoms with Gasteiger partial charge in [-0.2, -0.15) is 0 Å². The van der Waals surface area contributed by atoms with Gasteiger partial charge in [0.2, 0.25) is 17.7 Å². The largest absolute Gasteiger partial charge is 0.444 e. The maximum absolute atomic E-state index is 13.2. The van der Waals surface area contributed by atoms with Crippen LogP contribution in [0.3, 0.4) is 0 Å². The molecule has 0 radical (unpaired) electrons. The molecule has 1 aliphatic heterocycles. The number of hydrogen-bond donors (Lipinski definition) is 3. The molecular weight excluding hydrogens is 454 g/mol. The number of aromatic nitrogens is 2. The number of ether oxygens (including phenoxy) is 1. The average Bonchev–Trinajstić information content (AvgIpc) is 2.74. The molecule has 11 heteroatoms. The van der Waals surface area contributed by atoms with Crippen LogP contribution < -0.4 is 21.5 Å². The van der Waals surface area contributed by atoms with Gasteiger partial charge in [-0.1, -0.05) is 6.07 Å². The van der Waals surface area contributed by atoms with Crippen molar-refractivity contribution in [1.29, 1.82) is 0 Å². The van der Waals surface area contributed by atoms with Crippen LogP contribution >= 0.6 is 0 Å².